The first-order valence-corrected chi connectivity index (χ1v) is 7.57. The molecule has 2 aliphatic heterocycles. The van der Waals surface area contributed by atoms with E-state index < -0.39 is 0 Å². The zero-order valence-electron chi connectivity index (χ0n) is 12.6. The summed E-state index contributed by atoms with van der Waals surface area (Å²) in [6, 6.07) is 0. The quantitative estimate of drug-likeness (QED) is 0.837. The summed E-state index contributed by atoms with van der Waals surface area (Å²) >= 11 is 0. The first-order valence-electron chi connectivity index (χ1n) is 7.57. The molecule has 3 heteroatoms. The van der Waals surface area contributed by atoms with E-state index in [1.54, 1.807) is 0 Å². The fourth-order valence-corrected chi connectivity index (χ4v) is 2.98. The number of ether oxygens (including phenoxy) is 1. The van der Waals surface area contributed by atoms with E-state index >= 15 is 0 Å². The van der Waals surface area contributed by atoms with Crippen molar-refractivity contribution in [1.82, 2.24) is 10.2 Å². The Morgan fingerprint density at radius 2 is 2.06 bits per heavy atom. The van der Waals surface area contributed by atoms with Crippen LogP contribution in [-0.4, -0.2) is 48.3 Å². The van der Waals surface area contributed by atoms with Gasteiger partial charge in [0.15, 0.2) is 0 Å². The molecule has 0 amide bonds. The molecule has 1 N–H and O–H groups in total. The molecule has 0 bridgehead atoms. The van der Waals surface area contributed by atoms with E-state index in [1.807, 2.05) is 0 Å². The Morgan fingerprint density at radius 1 is 1.28 bits per heavy atom. The van der Waals surface area contributed by atoms with Gasteiger partial charge in [-0.15, -0.1) is 0 Å². The molecule has 0 aromatic heterocycles. The third kappa shape index (κ3) is 3.25. The second kappa shape index (κ2) is 5.48. The number of rotatable bonds is 3. The number of hydrogen-bond acceptors (Lipinski definition) is 3. The summed E-state index contributed by atoms with van der Waals surface area (Å²) in [6.07, 6.45) is 5.46. The first kappa shape index (κ1) is 14.3. The van der Waals surface area contributed by atoms with Crippen molar-refractivity contribution < 1.29 is 4.74 Å². The molecule has 3 nitrogen and oxygen atoms in total. The van der Waals surface area contributed by atoms with Crippen LogP contribution >= 0.6 is 0 Å². The largest absolute Gasteiger partial charge is 0.377 e. The minimum atomic E-state index is 0.246. The zero-order valence-corrected chi connectivity index (χ0v) is 12.6. The van der Waals surface area contributed by atoms with E-state index in [4.69, 9.17) is 4.74 Å². The van der Waals surface area contributed by atoms with Gasteiger partial charge in [0.2, 0.25) is 0 Å². The molecule has 0 spiro atoms. The highest BCUT2D eigenvalue weighted by Crippen LogP contribution is 2.27. The molecule has 0 aliphatic carbocycles. The van der Waals surface area contributed by atoms with Crippen LogP contribution in [0.15, 0.2) is 0 Å². The zero-order chi connectivity index (χ0) is 13.2. The molecule has 0 radical (unpaired) electrons. The van der Waals surface area contributed by atoms with E-state index in [0.717, 1.165) is 26.2 Å². The van der Waals surface area contributed by atoms with Crippen LogP contribution in [-0.2, 0) is 4.74 Å². The van der Waals surface area contributed by atoms with Gasteiger partial charge in [-0.25, -0.2) is 0 Å². The molecule has 2 saturated heterocycles. The molecular weight excluding hydrogens is 224 g/mol. The van der Waals surface area contributed by atoms with Gasteiger partial charge >= 0.3 is 0 Å². The number of nitrogens with zero attached hydrogens (tertiary/aromatic N) is 1. The van der Waals surface area contributed by atoms with Gasteiger partial charge in [-0.05, 0) is 46.5 Å². The van der Waals surface area contributed by atoms with Crippen LogP contribution < -0.4 is 5.32 Å². The van der Waals surface area contributed by atoms with E-state index in [2.05, 4.69) is 37.9 Å². The molecule has 2 heterocycles. The standard InChI is InChI=1S/C15H30N2O/c1-5-15(4)12-17(14(2,3)11-16-15)10-13-8-6-7-9-18-13/h13,16H,5-12H2,1-4H3. The lowest BCUT2D eigenvalue weighted by Crippen LogP contribution is -2.67. The van der Waals surface area contributed by atoms with Crippen molar-refractivity contribution in [2.45, 2.75) is 70.6 Å². The Labute approximate surface area is 112 Å². The Bertz CT molecular complexity index is 274. The summed E-state index contributed by atoms with van der Waals surface area (Å²) in [7, 11) is 0. The third-order valence-electron chi connectivity index (χ3n) is 4.82. The van der Waals surface area contributed by atoms with Gasteiger partial charge in [0, 0.05) is 37.3 Å². The normalized spacial score (nSPS) is 37.7. The molecule has 18 heavy (non-hydrogen) atoms. The highest BCUT2D eigenvalue weighted by Gasteiger charge is 2.40. The van der Waals surface area contributed by atoms with Gasteiger partial charge < -0.3 is 10.1 Å². The van der Waals surface area contributed by atoms with E-state index in [0.29, 0.717) is 6.10 Å². The summed E-state index contributed by atoms with van der Waals surface area (Å²) in [5, 5.41) is 3.72. The fraction of sp³-hybridized carbons (Fsp3) is 1.00. The van der Waals surface area contributed by atoms with Crippen molar-refractivity contribution in [2.24, 2.45) is 0 Å². The van der Waals surface area contributed by atoms with Crippen molar-refractivity contribution in [3.05, 3.63) is 0 Å². The molecule has 2 rings (SSSR count). The van der Waals surface area contributed by atoms with Crippen LogP contribution in [0.3, 0.4) is 0 Å². The highest BCUT2D eigenvalue weighted by molar-refractivity contribution is 4.99. The monoisotopic (exact) mass is 254 g/mol. The molecule has 2 atom stereocenters. The molecule has 2 unspecified atom stereocenters. The molecule has 106 valence electrons. The summed E-state index contributed by atoms with van der Waals surface area (Å²) in [5.74, 6) is 0. The van der Waals surface area contributed by atoms with Crippen LogP contribution in [0.5, 0.6) is 0 Å². The Kier molecular flexibility index (Phi) is 4.35. The van der Waals surface area contributed by atoms with Crippen LogP contribution in [0.2, 0.25) is 0 Å². The van der Waals surface area contributed by atoms with Crippen LogP contribution in [0.4, 0.5) is 0 Å². The van der Waals surface area contributed by atoms with Crippen LogP contribution in [0, 0.1) is 0 Å². The second-order valence-corrected chi connectivity index (χ2v) is 6.95. The predicted octanol–water partition coefficient (Wildman–Crippen LogP) is 2.41. The van der Waals surface area contributed by atoms with E-state index in [1.165, 1.54) is 25.7 Å². The minimum absolute atomic E-state index is 0.246. The van der Waals surface area contributed by atoms with Gasteiger partial charge in [-0.3, -0.25) is 4.90 Å². The molecule has 0 aromatic rings. The topological polar surface area (TPSA) is 24.5 Å². The van der Waals surface area contributed by atoms with Crippen molar-refractivity contribution in [1.29, 1.82) is 0 Å². The third-order valence-corrected chi connectivity index (χ3v) is 4.82. The summed E-state index contributed by atoms with van der Waals surface area (Å²) in [5.41, 5.74) is 0.514. The second-order valence-electron chi connectivity index (χ2n) is 6.95. The van der Waals surface area contributed by atoms with Gasteiger partial charge in [0.25, 0.3) is 0 Å². The van der Waals surface area contributed by atoms with Crippen LogP contribution in [0.1, 0.15) is 53.4 Å². The van der Waals surface area contributed by atoms with E-state index in [9.17, 15) is 0 Å². The van der Waals surface area contributed by atoms with Crippen molar-refractivity contribution >= 4 is 0 Å². The van der Waals surface area contributed by atoms with Gasteiger partial charge in [-0.1, -0.05) is 6.92 Å². The Hall–Kier alpha value is -0.120. The SMILES string of the molecule is CCC1(C)CN(CC2CCCCO2)C(C)(C)CN1. The number of nitrogens with one attached hydrogen (secondary N) is 1. The smallest absolute Gasteiger partial charge is 0.0702 e. The molecular formula is C15H30N2O. The van der Waals surface area contributed by atoms with Gasteiger partial charge in [0.05, 0.1) is 6.10 Å². The highest BCUT2D eigenvalue weighted by atomic mass is 16.5. The van der Waals surface area contributed by atoms with Crippen molar-refractivity contribution in [3.63, 3.8) is 0 Å². The maximum absolute atomic E-state index is 5.91. The van der Waals surface area contributed by atoms with Crippen molar-refractivity contribution in [2.75, 3.05) is 26.2 Å². The molecule has 2 aliphatic rings. The van der Waals surface area contributed by atoms with Crippen LogP contribution in [0.25, 0.3) is 0 Å². The molecule has 0 saturated carbocycles. The lowest BCUT2D eigenvalue weighted by molar-refractivity contribution is -0.0476. The first-order chi connectivity index (χ1) is 8.45. The maximum atomic E-state index is 5.91. The molecule has 0 aromatic carbocycles. The maximum Gasteiger partial charge on any atom is 0.0702 e. The summed E-state index contributed by atoms with van der Waals surface area (Å²) in [4.78, 5) is 2.64. The van der Waals surface area contributed by atoms with Gasteiger partial charge in [-0.2, -0.15) is 0 Å². The molecule has 2 fully saturated rings. The Balaban J connectivity index is 1.98. The Morgan fingerprint density at radius 3 is 2.67 bits per heavy atom. The fourth-order valence-electron chi connectivity index (χ4n) is 2.98. The minimum Gasteiger partial charge on any atom is -0.377 e. The van der Waals surface area contributed by atoms with Gasteiger partial charge in [0.1, 0.15) is 0 Å². The lowest BCUT2D eigenvalue weighted by Gasteiger charge is -2.51. The lowest BCUT2D eigenvalue weighted by atomic mass is 9.88. The van der Waals surface area contributed by atoms with E-state index in [-0.39, 0.29) is 11.1 Å². The average Bonchev–Trinajstić information content (AvgIpc) is 2.36. The summed E-state index contributed by atoms with van der Waals surface area (Å²) < 4.78 is 5.91. The number of hydrogen-bond donors (Lipinski definition) is 1. The predicted molar refractivity (Wildman–Crippen MR) is 75.9 cm³/mol. The average molecular weight is 254 g/mol. The summed E-state index contributed by atoms with van der Waals surface area (Å²) in [6.45, 7) is 13.6. The number of piperazine rings is 1. The van der Waals surface area contributed by atoms with Crippen molar-refractivity contribution in [3.8, 4) is 0 Å².